The van der Waals surface area contributed by atoms with Gasteiger partial charge < -0.3 is 5.73 Å². The van der Waals surface area contributed by atoms with Crippen LogP contribution >= 0.6 is 0 Å². The number of carbonyl (C=O) groups excluding carboxylic acids is 1. The number of nitrogens with two attached hydrogens (primary N) is 1. The Hall–Kier alpha value is -1.45. The van der Waals surface area contributed by atoms with Crippen molar-refractivity contribution in [3.63, 3.8) is 0 Å². The topological polar surface area (TPSA) is 56.0 Å². The van der Waals surface area contributed by atoms with Crippen LogP contribution in [0, 0.1) is 5.95 Å². The lowest BCUT2D eigenvalue weighted by atomic mass is 10.3. The van der Waals surface area contributed by atoms with Crippen molar-refractivity contribution in [2.75, 3.05) is 5.73 Å². The average Bonchev–Trinajstić information content (AvgIpc) is 1.85. The van der Waals surface area contributed by atoms with Gasteiger partial charge >= 0.3 is 0 Å². The Morgan fingerprint density at radius 3 is 2.80 bits per heavy atom. The number of hydrogen-bond acceptors (Lipinski definition) is 3. The maximum absolute atomic E-state index is 12.3. The molecule has 1 aromatic rings. The minimum absolute atomic E-state index is 0.0158. The predicted octanol–water partition coefficient (Wildman–Crippen LogP) is 0.615. The fraction of sp³-hybridized carbons (Fsp3) is 0. The first-order valence-electron chi connectivity index (χ1n) is 2.60. The number of aromatic nitrogens is 1. The average molecular weight is 140 g/mol. The molecule has 2 N–H and O–H groups in total. The third-order valence-corrected chi connectivity index (χ3v) is 0.972. The first kappa shape index (κ1) is 6.67. The van der Waals surface area contributed by atoms with Crippen LogP contribution in [-0.2, 0) is 0 Å². The Kier molecular flexibility index (Phi) is 1.62. The van der Waals surface area contributed by atoms with Crippen molar-refractivity contribution in [2.24, 2.45) is 0 Å². The van der Waals surface area contributed by atoms with E-state index in [2.05, 4.69) is 4.98 Å². The highest BCUT2D eigenvalue weighted by Crippen LogP contribution is 2.03. The Morgan fingerprint density at radius 1 is 1.60 bits per heavy atom. The van der Waals surface area contributed by atoms with E-state index in [0.717, 1.165) is 6.07 Å². The molecule has 0 amide bonds. The van der Waals surface area contributed by atoms with Crippen molar-refractivity contribution < 1.29 is 9.18 Å². The van der Waals surface area contributed by atoms with E-state index in [4.69, 9.17) is 5.73 Å². The number of pyridine rings is 1. The molecule has 0 aliphatic heterocycles. The van der Waals surface area contributed by atoms with Gasteiger partial charge in [-0.3, -0.25) is 4.79 Å². The normalized spacial score (nSPS) is 9.30. The fourth-order valence-corrected chi connectivity index (χ4v) is 0.606. The Bertz CT molecular complexity index is 242. The van der Waals surface area contributed by atoms with Crippen LogP contribution in [-0.4, -0.2) is 11.3 Å². The maximum atomic E-state index is 12.3. The van der Waals surface area contributed by atoms with E-state index in [1.807, 2.05) is 0 Å². The second-order valence-electron chi connectivity index (χ2n) is 1.77. The maximum Gasteiger partial charge on any atom is 0.215 e. The van der Waals surface area contributed by atoms with Gasteiger partial charge in [-0.1, -0.05) is 0 Å². The van der Waals surface area contributed by atoms with E-state index in [0.29, 0.717) is 6.29 Å². The molecule has 3 nitrogen and oxygen atoms in total. The number of carbonyl (C=O) groups is 1. The number of aldehydes is 1. The molecule has 0 aliphatic carbocycles. The fourth-order valence-electron chi connectivity index (χ4n) is 0.606. The lowest BCUT2D eigenvalue weighted by Gasteiger charge is -1.92. The molecule has 4 heteroatoms. The molecule has 0 aliphatic rings. The second kappa shape index (κ2) is 2.43. The van der Waals surface area contributed by atoms with Gasteiger partial charge in [0.2, 0.25) is 5.95 Å². The van der Waals surface area contributed by atoms with Crippen molar-refractivity contribution >= 4 is 12.1 Å². The van der Waals surface area contributed by atoms with E-state index in [9.17, 15) is 9.18 Å². The highest BCUT2D eigenvalue weighted by Gasteiger charge is 1.96. The molecule has 0 bridgehead atoms. The lowest BCUT2D eigenvalue weighted by Crippen LogP contribution is -1.94. The monoisotopic (exact) mass is 140 g/mol. The molecule has 52 valence electrons. The number of anilines is 1. The number of hydrogen-bond donors (Lipinski definition) is 1. The van der Waals surface area contributed by atoms with Crippen LogP contribution in [0.3, 0.4) is 0 Å². The van der Waals surface area contributed by atoms with Gasteiger partial charge in [0.1, 0.15) is 12.1 Å². The number of nitrogen functional groups attached to an aromatic ring is 1. The third kappa shape index (κ3) is 1.28. The van der Waals surface area contributed by atoms with E-state index in [1.54, 1.807) is 0 Å². The van der Waals surface area contributed by atoms with Crippen LogP contribution < -0.4 is 5.73 Å². The standard InChI is InChI=1S/C6H5FN2O/c7-5-1-4(3-10)2-6(8)9-5/h1-3H,(H2,8,9). The SMILES string of the molecule is Nc1cc(C=O)cc(F)n1. The molecule has 1 heterocycles. The first-order valence-corrected chi connectivity index (χ1v) is 2.60. The van der Waals surface area contributed by atoms with Gasteiger partial charge in [0, 0.05) is 11.6 Å². The van der Waals surface area contributed by atoms with E-state index in [1.165, 1.54) is 6.07 Å². The van der Waals surface area contributed by atoms with E-state index in [-0.39, 0.29) is 11.4 Å². The molecule has 0 saturated heterocycles. The van der Waals surface area contributed by atoms with Crippen LogP contribution in [0.5, 0.6) is 0 Å². The zero-order chi connectivity index (χ0) is 7.56. The summed E-state index contributed by atoms with van der Waals surface area (Å²) in [5.74, 6) is -0.718. The molecule has 0 unspecified atom stereocenters. The van der Waals surface area contributed by atoms with Gasteiger partial charge in [0.25, 0.3) is 0 Å². The van der Waals surface area contributed by atoms with Crippen LogP contribution in [0.25, 0.3) is 0 Å². The molecule has 10 heavy (non-hydrogen) atoms. The molecule has 1 aromatic heterocycles. The zero-order valence-corrected chi connectivity index (χ0v) is 5.04. The highest BCUT2D eigenvalue weighted by molar-refractivity contribution is 5.75. The van der Waals surface area contributed by atoms with Gasteiger partial charge in [-0.25, -0.2) is 4.98 Å². The molecule has 1 rings (SSSR count). The van der Waals surface area contributed by atoms with E-state index < -0.39 is 5.95 Å². The van der Waals surface area contributed by atoms with Gasteiger partial charge in [0.05, 0.1) is 0 Å². The summed E-state index contributed by atoms with van der Waals surface area (Å²) in [6.07, 6.45) is 0.515. The summed E-state index contributed by atoms with van der Waals surface area (Å²) in [4.78, 5) is 13.3. The van der Waals surface area contributed by atoms with Crippen molar-refractivity contribution in [3.05, 3.63) is 23.6 Å². The molecule has 0 atom stereocenters. The quantitative estimate of drug-likeness (QED) is 0.459. The van der Waals surface area contributed by atoms with E-state index >= 15 is 0 Å². The smallest absolute Gasteiger partial charge is 0.215 e. The molecule has 0 fully saturated rings. The molecule has 0 radical (unpaired) electrons. The van der Waals surface area contributed by atoms with Gasteiger partial charge in [0.15, 0.2) is 0 Å². The largest absolute Gasteiger partial charge is 0.384 e. The second-order valence-corrected chi connectivity index (χ2v) is 1.77. The predicted molar refractivity (Wildman–Crippen MR) is 34.0 cm³/mol. The van der Waals surface area contributed by atoms with Crippen molar-refractivity contribution in [1.82, 2.24) is 4.98 Å². The van der Waals surface area contributed by atoms with Crippen LogP contribution in [0.4, 0.5) is 10.2 Å². The van der Waals surface area contributed by atoms with Crippen molar-refractivity contribution in [1.29, 1.82) is 0 Å². The van der Waals surface area contributed by atoms with Crippen LogP contribution in [0.1, 0.15) is 10.4 Å². The van der Waals surface area contributed by atoms with Gasteiger partial charge in [-0.2, -0.15) is 4.39 Å². The first-order chi connectivity index (χ1) is 4.72. The van der Waals surface area contributed by atoms with Crippen molar-refractivity contribution in [3.8, 4) is 0 Å². The summed E-state index contributed by atoms with van der Waals surface area (Å²) in [6.45, 7) is 0. The molecular formula is C6H5FN2O. The molecule has 0 aromatic carbocycles. The summed E-state index contributed by atoms with van der Waals surface area (Å²) in [6, 6.07) is 2.32. The summed E-state index contributed by atoms with van der Waals surface area (Å²) >= 11 is 0. The Labute approximate surface area is 56.7 Å². The van der Waals surface area contributed by atoms with Crippen LogP contribution in [0.2, 0.25) is 0 Å². The van der Waals surface area contributed by atoms with Crippen LogP contribution in [0.15, 0.2) is 12.1 Å². The minimum Gasteiger partial charge on any atom is -0.384 e. The summed E-state index contributed by atoms with van der Waals surface area (Å²) < 4.78 is 12.3. The summed E-state index contributed by atoms with van der Waals surface area (Å²) in [5.41, 5.74) is 5.32. The van der Waals surface area contributed by atoms with Gasteiger partial charge in [-0.05, 0) is 6.07 Å². The number of halogens is 1. The summed E-state index contributed by atoms with van der Waals surface area (Å²) in [5, 5.41) is 0. The minimum atomic E-state index is -0.734. The lowest BCUT2D eigenvalue weighted by molar-refractivity contribution is 0.112. The van der Waals surface area contributed by atoms with Crippen molar-refractivity contribution in [2.45, 2.75) is 0 Å². The van der Waals surface area contributed by atoms with Gasteiger partial charge in [-0.15, -0.1) is 0 Å². The Morgan fingerprint density at radius 2 is 2.30 bits per heavy atom. The molecular weight excluding hydrogens is 135 g/mol. The number of rotatable bonds is 1. The molecule has 0 spiro atoms. The highest BCUT2D eigenvalue weighted by atomic mass is 19.1. The zero-order valence-electron chi connectivity index (χ0n) is 5.04. The Balaban J connectivity index is 3.18. The number of nitrogens with zero attached hydrogens (tertiary/aromatic N) is 1. The summed E-state index contributed by atoms with van der Waals surface area (Å²) in [7, 11) is 0. The third-order valence-electron chi connectivity index (χ3n) is 0.972. The molecule has 0 saturated carbocycles.